The molecule has 64 heavy (non-hydrogen) atoms. The van der Waals surface area contributed by atoms with Crippen LogP contribution in [0.3, 0.4) is 0 Å². The van der Waals surface area contributed by atoms with Crippen molar-refractivity contribution in [1.82, 2.24) is 36.1 Å². The molecule has 0 radical (unpaired) electrons. The Morgan fingerprint density at radius 2 is 1.34 bits per heavy atom. The molecule has 2 saturated heterocycles. The fourth-order valence-electron chi connectivity index (χ4n) is 8.07. The van der Waals surface area contributed by atoms with Gasteiger partial charge < -0.3 is 31.1 Å². The quantitative estimate of drug-likeness (QED) is 0.173. The molecule has 3 heterocycles. The van der Waals surface area contributed by atoms with Gasteiger partial charge in [-0.3, -0.25) is 28.8 Å². The Labute approximate surface area is 374 Å². The van der Waals surface area contributed by atoms with E-state index in [0.29, 0.717) is 23.2 Å². The maximum atomic E-state index is 14.7. The number of carbonyl (C=O) groups is 6. The van der Waals surface area contributed by atoms with Crippen LogP contribution in [0.1, 0.15) is 68.8 Å². The molecule has 340 valence electrons. The molecule has 0 saturated carbocycles. The lowest BCUT2D eigenvalue weighted by atomic mass is 9.87. The Hall–Kier alpha value is -6.10. The van der Waals surface area contributed by atoms with E-state index in [2.05, 4.69) is 26.3 Å². The number of nitrogens with one attached hydrogen (secondary N) is 4. The van der Waals surface area contributed by atoms with Gasteiger partial charge >= 0.3 is 0 Å². The van der Waals surface area contributed by atoms with Crippen molar-refractivity contribution in [3.05, 3.63) is 124 Å². The molecular formula is C47H54F3N7O6S. The van der Waals surface area contributed by atoms with Gasteiger partial charge in [0.05, 0.1) is 17.7 Å². The molecule has 1 aromatic heterocycles. The number of thiazole rings is 1. The molecule has 4 N–H and O–H groups in total. The van der Waals surface area contributed by atoms with Crippen LogP contribution < -0.4 is 21.3 Å². The molecule has 2 aliphatic rings. The van der Waals surface area contributed by atoms with E-state index >= 15 is 0 Å². The van der Waals surface area contributed by atoms with Crippen molar-refractivity contribution in [3.8, 4) is 0 Å². The first-order chi connectivity index (χ1) is 30.5. The minimum absolute atomic E-state index is 0.00228. The first-order valence-electron chi connectivity index (χ1n) is 21.4. The Bertz CT molecular complexity index is 2280. The molecule has 6 amide bonds. The van der Waals surface area contributed by atoms with E-state index in [9.17, 15) is 41.9 Å². The van der Waals surface area contributed by atoms with Crippen LogP contribution in [-0.2, 0) is 54.5 Å². The van der Waals surface area contributed by atoms with Gasteiger partial charge in [0.25, 0.3) is 0 Å². The molecule has 2 aliphatic heterocycles. The zero-order valence-electron chi connectivity index (χ0n) is 36.1. The summed E-state index contributed by atoms with van der Waals surface area (Å²) in [5.74, 6) is -5.98. The third-order valence-corrected chi connectivity index (χ3v) is 11.9. The second kappa shape index (κ2) is 21.5. The number of hydrogen-bond donors (Lipinski definition) is 4. The van der Waals surface area contributed by atoms with Gasteiger partial charge in [-0.2, -0.15) is 0 Å². The smallest absolute Gasteiger partial charge is 0.246 e. The lowest BCUT2D eigenvalue weighted by Gasteiger charge is -2.34. The number of carbonyl (C=O) groups excluding carboxylic acids is 6. The normalized spacial score (nSPS) is 21.9. The van der Waals surface area contributed by atoms with Crippen LogP contribution in [0.4, 0.5) is 13.2 Å². The minimum atomic E-state index is -1.34. The summed E-state index contributed by atoms with van der Waals surface area (Å²) >= 11 is 1.31. The molecule has 3 aromatic carbocycles. The number of fused-ring (bicyclic) bond motifs is 1. The molecule has 17 heteroatoms. The van der Waals surface area contributed by atoms with Crippen molar-refractivity contribution in [1.29, 1.82) is 0 Å². The molecule has 13 nitrogen and oxygen atoms in total. The third-order valence-electron chi connectivity index (χ3n) is 11.2. The largest absolute Gasteiger partial charge is 0.342 e. The number of benzene rings is 3. The predicted molar refractivity (Wildman–Crippen MR) is 234 cm³/mol. The van der Waals surface area contributed by atoms with E-state index in [1.165, 1.54) is 51.5 Å². The van der Waals surface area contributed by atoms with Gasteiger partial charge in [-0.15, -0.1) is 11.3 Å². The van der Waals surface area contributed by atoms with Crippen molar-refractivity contribution >= 4 is 46.8 Å². The Kier molecular flexibility index (Phi) is 15.9. The van der Waals surface area contributed by atoms with Gasteiger partial charge in [-0.25, -0.2) is 18.2 Å². The molecule has 0 aliphatic carbocycles. The highest BCUT2D eigenvalue weighted by molar-refractivity contribution is 7.07. The number of rotatable bonds is 11. The van der Waals surface area contributed by atoms with Gasteiger partial charge in [0.2, 0.25) is 35.4 Å². The SMILES string of the molecule is CC(C)(C)C[C@@H]1NC(=O)[C@@H](Cc2ccccc2)NC(=O)[C@H](Cc2ccc(F)cc2)NC(=O)CN(CCCc2ccc(F)cc2F)C(=O)[C@H]2CCCN2C(=O)[C@H](Cc2cscn2)NC1=O. The summed E-state index contributed by atoms with van der Waals surface area (Å²) in [4.78, 5) is 93.7. The molecular weight excluding hydrogens is 848 g/mol. The van der Waals surface area contributed by atoms with Crippen LogP contribution in [0.5, 0.6) is 0 Å². The highest BCUT2D eigenvalue weighted by atomic mass is 32.1. The molecule has 6 rings (SSSR count). The number of hydrogen-bond acceptors (Lipinski definition) is 8. The summed E-state index contributed by atoms with van der Waals surface area (Å²) < 4.78 is 42.4. The van der Waals surface area contributed by atoms with Crippen molar-refractivity contribution in [2.24, 2.45) is 5.41 Å². The summed E-state index contributed by atoms with van der Waals surface area (Å²) in [5.41, 5.74) is 2.98. The maximum absolute atomic E-state index is 14.7. The highest BCUT2D eigenvalue weighted by Crippen LogP contribution is 2.25. The van der Waals surface area contributed by atoms with Crippen LogP contribution in [0.25, 0.3) is 0 Å². The van der Waals surface area contributed by atoms with Gasteiger partial charge in [-0.05, 0) is 72.4 Å². The number of aryl methyl sites for hydroxylation is 1. The average molecular weight is 902 g/mol. The van der Waals surface area contributed by atoms with Gasteiger partial charge in [0.15, 0.2) is 0 Å². The van der Waals surface area contributed by atoms with Crippen LogP contribution >= 0.6 is 11.3 Å². The van der Waals surface area contributed by atoms with E-state index in [-0.39, 0.29) is 63.6 Å². The van der Waals surface area contributed by atoms with E-state index in [1.807, 2.05) is 20.8 Å². The van der Waals surface area contributed by atoms with Gasteiger partial charge in [0.1, 0.15) is 47.7 Å². The predicted octanol–water partition coefficient (Wildman–Crippen LogP) is 4.43. The standard InChI is InChI=1S/C47H54F3N7O6S/c1-47(2,3)25-39-44(61)54-38(24-34-27-64-28-51-34)45(62)57-20-8-12-40(57)46(63)56(19-7-11-31-15-18-33(49)23-35(31)50)26-41(58)52-36(22-30-13-16-32(48)17-14-30)42(59)53-37(43(60)55-39)21-29-9-5-4-6-10-29/h4-6,9-10,13-18,23,27-28,36-40H,7-8,11-12,19-22,24-26H2,1-3H3,(H,52,58)(H,53,59)(H,54,61)(H,55,60)/t36-,37+,38-,39-,40+/m0/s1. The number of aromatic nitrogens is 1. The van der Waals surface area contributed by atoms with E-state index in [0.717, 1.165) is 12.1 Å². The summed E-state index contributed by atoms with van der Waals surface area (Å²) in [6.45, 7) is 5.20. The van der Waals surface area contributed by atoms with Crippen molar-refractivity contribution in [2.45, 2.75) is 102 Å². The first-order valence-corrected chi connectivity index (χ1v) is 22.4. The Morgan fingerprint density at radius 3 is 2.00 bits per heavy atom. The number of halogens is 3. The first kappa shape index (κ1) is 47.4. The average Bonchev–Trinajstić information content (AvgIpc) is 3.96. The molecule has 0 bridgehead atoms. The van der Waals surface area contributed by atoms with E-state index < -0.39 is 95.1 Å². The minimum Gasteiger partial charge on any atom is -0.342 e. The summed E-state index contributed by atoms with van der Waals surface area (Å²) in [6, 6.07) is 11.4. The fraction of sp³-hybridized carbons (Fsp3) is 0.426. The van der Waals surface area contributed by atoms with Gasteiger partial charge in [0, 0.05) is 43.8 Å². The zero-order valence-corrected chi connectivity index (χ0v) is 36.9. The third kappa shape index (κ3) is 13.2. The summed E-state index contributed by atoms with van der Waals surface area (Å²) in [6.07, 6.45) is 0.906. The van der Waals surface area contributed by atoms with E-state index in [4.69, 9.17) is 0 Å². The van der Waals surface area contributed by atoms with Crippen LogP contribution in [0, 0.1) is 22.9 Å². The van der Waals surface area contributed by atoms with Crippen molar-refractivity contribution < 1.29 is 41.9 Å². The monoisotopic (exact) mass is 901 g/mol. The lowest BCUT2D eigenvalue weighted by molar-refractivity contribution is -0.147. The van der Waals surface area contributed by atoms with E-state index in [1.54, 1.807) is 41.2 Å². The van der Waals surface area contributed by atoms with Gasteiger partial charge in [-0.1, -0.05) is 69.3 Å². The van der Waals surface area contributed by atoms with Crippen molar-refractivity contribution in [2.75, 3.05) is 19.6 Å². The molecule has 0 unspecified atom stereocenters. The molecule has 4 aromatic rings. The van der Waals surface area contributed by atoms with Crippen molar-refractivity contribution in [3.63, 3.8) is 0 Å². The van der Waals surface area contributed by atoms with Crippen LogP contribution in [0.2, 0.25) is 0 Å². The topological polar surface area (TPSA) is 170 Å². The molecule has 0 spiro atoms. The van der Waals surface area contributed by atoms with Crippen LogP contribution in [-0.4, -0.2) is 100 Å². The zero-order chi connectivity index (χ0) is 46.0. The second-order valence-corrected chi connectivity index (χ2v) is 18.3. The lowest BCUT2D eigenvalue weighted by Crippen LogP contribution is -2.61. The number of nitrogens with zero attached hydrogens (tertiary/aromatic N) is 3. The molecule has 2 fully saturated rings. The molecule has 5 atom stereocenters. The number of amides is 6. The summed E-state index contributed by atoms with van der Waals surface area (Å²) in [5, 5.41) is 13.0. The Balaban J connectivity index is 1.39. The second-order valence-electron chi connectivity index (χ2n) is 17.6. The maximum Gasteiger partial charge on any atom is 0.246 e. The fourth-order valence-corrected chi connectivity index (χ4v) is 8.65. The Morgan fingerprint density at radius 1 is 0.719 bits per heavy atom. The van der Waals surface area contributed by atoms with Crippen LogP contribution in [0.15, 0.2) is 83.7 Å². The highest BCUT2D eigenvalue weighted by Gasteiger charge is 2.41. The summed E-state index contributed by atoms with van der Waals surface area (Å²) in [7, 11) is 0.